The molecule has 0 bridgehead atoms. The minimum atomic E-state index is -0.400. The van der Waals surface area contributed by atoms with E-state index in [0.29, 0.717) is 6.54 Å². The summed E-state index contributed by atoms with van der Waals surface area (Å²) in [7, 11) is 0. The number of aryl methyl sites for hydroxylation is 1. The van der Waals surface area contributed by atoms with Crippen molar-refractivity contribution in [2.75, 3.05) is 5.32 Å². The van der Waals surface area contributed by atoms with Crippen molar-refractivity contribution in [2.45, 2.75) is 13.5 Å². The Kier molecular flexibility index (Phi) is 4.87. The third-order valence-electron chi connectivity index (χ3n) is 2.64. The van der Waals surface area contributed by atoms with Crippen LogP contribution in [0.4, 0.5) is 10.1 Å². The number of benzene rings is 2. The van der Waals surface area contributed by atoms with Crippen molar-refractivity contribution in [2.24, 2.45) is 0 Å². The number of hydrogen-bond donors (Lipinski definition) is 1. The van der Waals surface area contributed by atoms with E-state index in [1.807, 2.05) is 19.1 Å². The lowest BCUT2D eigenvalue weighted by Gasteiger charge is -2.12. The number of rotatable bonds is 3. The molecule has 2 rings (SSSR count). The van der Waals surface area contributed by atoms with Gasteiger partial charge in [0.15, 0.2) is 0 Å². The smallest absolute Gasteiger partial charge is 0.141 e. The van der Waals surface area contributed by atoms with Crippen molar-refractivity contribution in [1.82, 2.24) is 0 Å². The van der Waals surface area contributed by atoms with Crippen LogP contribution >= 0.6 is 43.5 Å². The average molecular weight is 408 g/mol. The first-order valence-electron chi connectivity index (χ1n) is 5.61. The van der Waals surface area contributed by atoms with E-state index >= 15 is 0 Å². The molecule has 0 amide bonds. The Bertz CT molecular complexity index is 593. The van der Waals surface area contributed by atoms with Crippen LogP contribution in [0.3, 0.4) is 0 Å². The predicted molar refractivity (Wildman–Crippen MR) is 85.3 cm³/mol. The van der Waals surface area contributed by atoms with Crippen LogP contribution < -0.4 is 5.32 Å². The zero-order chi connectivity index (χ0) is 14.0. The molecule has 0 spiro atoms. The third kappa shape index (κ3) is 3.71. The predicted octanol–water partition coefficient (Wildman–Crippen LogP) is 5.92. The Morgan fingerprint density at radius 2 is 1.79 bits per heavy atom. The Morgan fingerprint density at radius 3 is 2.37 bits per heavy atom. The molecule has 0 aliphatic heterocycles. The van der Waals surface area contributed by atoms with E-state index in [1.54, 1.807) is 12.1 Å². The van der Waals surface area contributed by atoms with Crippen LogP contribution in [0.1, 0.15) is 11.1 Å². The number of hydrogen-bond acceptors (Lipinski definition) is 1. The fourth-order valence-electron chi connectivity index (χ4n) is 1.71. The van der Waals surface area contributed by atoms with Crippen molar-refractivity contribution >= 4 is 49.1 Å². The largest absolute Gasteiger partial charge is 0.379 e. The summed E-state index contributed by atoms with van der Waals surface area (Å²) in [4.78, 5) is 0. The van der Waals surface area contributed by atoms with Crippen LogP contribution in [-0.4, -0.2) is 0 Å². The fraction of sp³-hybridized carbons (Fsp3) is 0.143. The summed E-state index contributed by atoms with van der Waals surface area (Å²) < 4.78 is 15.0. The summed E-state index contributed by atoms with van der Waals surface area (Å²) >= 11 is 12.8. The number of anilines is 1. The molecule has 0 saturated heterocycles. The van der Waals surface area contributed by atoms with Gasteiger partial charge in [0.25, 0.3) is 0 Å². The Labute approximate surface area is 133 Å². The van der Waals surface area contributed by atoms with Crippen LogP contribution in [0.25, 0.3) is 0 Å². The van der Waals surface area contributed by atoms with Crippen LogP contribution in [0.15, 0.2) is 39.3 Å². The molecule has 1 N–H and O–H groups in total. The SMILES string of the molecule is Cc1cc(Br)c(NCc2ccc(F)c(Cl)c2)c(Br)c1. The molecule has 0 fully saturated rings. The number of halogens is 4. The van der Waals surface area contributed by atoms with Gasteiger partial charge in [-0.1, -0.05) is 17.7 Å². The van der Waals surface area contributed by atoms with Crippen LogP contribution in [0.2, 0.25) is 5.02 Å². The van der Waals surface area contributed by atoms with Crippen molar-refractivity contribution in [1.29, 1.82) is 0 Å². The molecule has 1 nitrogen and oxygen atoms in total. The van der Waals surface area contributed by atoms with Crippen molar-refractivity contribution < 1.29 is 4.39 Å². The highest BCUT2D eigenvalue weighted by molar-refractivity contribution is 9.11. The van der Waals surface area contributed by atoms with Gasteiger partial charge in [0.05, 0.1) is 10.7 Å². The van der Waals surface area contributed by atoms with E-state index in [-0.39, 0.29) is 5.02 Å². The summed E-state index contributed by atoms with van der Waals surface area (Å²) in [5.41, 5.74) is 3.05. The highest BCUT2D eigenvalue weighted by Gasteiger charge is 2.07. The second-order valence-electron chi connectivity index (χ2n) is 4.21. The molecule has 0 saturated carbocycles. The highest BCUT2D eigenvalue weighted by atomic mass is 79.9. The summed E-state index contributed by atoms with van der Waals surface area (Å²) in [5.74, 6) is -0.400. The van der Waals surface area contributed by atoms with E-state index < -0.39 is 5.82 Å². The van der Waals surface area contributed by atoms with Gasteiger partial charge >= 0.3 is 0 Å². The quantitative estimate of drug-likeness (QED) is 0.665. The molecule has 19 heavy (non-hydrogen) atoms. The number of nitrogens with one attached hydrogen (secondary N) is 1. The first kappa shape index (κ1) is 14.8. The minimum Gasteiger partial charge on any atom is -0.379 e. The molecule has 100 valence electrons. The Hall–Kier alpha value is -0.580. The van der Waals surface area contributed by atoms with Crippen molar-refractivity contribution in [3.8, 4) is 0 Å². The van der Waals surface area contributed by atoms with Crippen LogP contribution in [0.5, 0.6) is 0 Å². The summed E-state index contributed by atoms with van der Waals surface area (Å²) in [6.45, 7) is 2.60. The van der Waals surface area contributed by atoms with Crippen molar-refractivity contribution in [3.63, 3.8) is 0 Å². The van der Waals surface area contributed by atoms with Gasteiger partial charge in [0, 0.05) is 15.5 Å². The second-order valence-corrected chi connectivity index (χ2v) is 6.32. The second kappa shape index (κ2) is 6.25. The molecule has 2 aromatic carbocycles. The van der Waals surface area contributed by atoms with Gasteiger partial charge in [-0.3, -0.25) is 0 Å². The maximum absolute atomic E-state index is 13.1. The molecule has 0 aliphatic rings. The minimum absolute atomic E-state index is 0.140. The van der Waals surface area contributed by atoms with Gasteiger partial charge in [-0.25, -0.2) is 4.39 Å². The summed E-state index contributed by atoms with van der Waals surface area (Å²) in [6, 6.07) is 8.78. The molecule has 0 atom stereocenters. The van der Waals surface area contributed by atoms with E-state index in [1.165, 1.54) is 6.07 Å². The molecule has 0 aliphatic carbocycles. The molecule has 0 aromatic heterocycles. The molecule has 0 unspecified atom stereocenters. The van der Waals surface area contributed by atoms with Gasteiger partial charge in [-0.15, -0.1) is 0 Å². The molecule has 2 aromatic rings. The van der Waals surface area contributed by atoms with Gasteiger partial charge < -0.3 is 5.32 Å². The van der Waals surface area contributed by atoms with Gasteiger partial charge in [0.1, 0.15) is 5.82 Å². The van der Waals surface area contributed by atoms with Crippen LogP contribution in [-0.2, 0) is 6.54 Å². The summed E-state index contributed by atoms with van der Waals surface area (Å²) in [6.07, 6.45) is 0. The Morgan fingerprint density at radius 1 is 1.16 bits per heavy atom. The normalized spacial score (nSPS) is 10.6. The maximum Gasteiger partial charge on any atom is 0.141 e. The highest BCUT2D eigenvalue weighted by Crippen LogP contribution is 2.32. The monoisotopic (exact) mass is 405 g/mol. The lowest BCUT2D eigenvalue weighted by atomic mass is 10.2. The third-order valence-corrected chi connectivity index (χ3v) is 4.18. The van der Waals surface area contributed by atoms with E-state index in [4.69, 9.17) is 11.6 Å². The zero-order valence-electron chi connectivity index (χ0n) is 10.1. The van der Waals surface area contributed by atoms with Crippen LogP contribution in [0, 0.1) is 12.7 Å². The molecule has 0 radical (unpaired) electrons. The first-order chi connectivity index (χ1) is 8.97. The molecular weight excluding hydrogens is 396 g/mol. The fourth-order valence-corrected chi connectivity index (χ4v) is 3.61. The lowest BCUT2D eigenvalue weighted by Crippen LogP contribution is -2.01. The van der Waals surface area contributed by atoms with E-state index in [9.17, 15) is 4.39 Å². The van der Waals surface area contributed by atoms with Gasteiger partial charge in [-0.2, -0.15) is 0 Å². The van der Waals surface area contributed by atoms with Crippen molar-refractivity contribution in [3.05, 3.63) is 61.2 Å². The zero-order valence-corrected chi connectivity index (χ0v) is 14.0. The molecule has 5 heteroatoms. The average Bonchev–Trinajstić information content (AvgIpc) is 2.32. The maximum atomic E-state index is 13.1. The lowest BCUT2D eigenvalue weighted by molar-refractivity contribution is 0.627. The van der Waals surface area contributed by atoms with Gasteiger partial charge in [-0.05, 0) is 74.2 Å². The Balaban J connectivity index is 2.16. The van der Waals surface area contributed by atoms with E-state index in [2.05, 4.69) is 37.2 Å². The van der Waals surface area contributed by atoms with E-state index in [0.717, 1.165) is 25.8 Å². The standard InChI is InChI=1S/C14H11Br2ClFN/c1-8-4-10(15)14(11(16)5-8)19-7-9-2-3-13(18)12(17)6-9/h2-6,19H,7H2,1H3. The topological polar surface area (TPSA) is 12.0 Å². The van der Waals surface area contributed by atoms with Gasteiger partial charge in [0.2, 0.25) is 0 Å². The summed E-state index contributed by atoms with van der Waals surface area (Å²) in [5, 5.41) is 3.44. The molecular formula is C14H11Br2ClFN. The first-order valence-corrected chi connectivity index (χ1v) is 7.57. The molecule has 0 heterocycles.